The number of ether oxygens (including phenoxy) is 1. The lowest BCUT2D eigenvalue weighted by molar-refractivity contribution is -0.119. The fourth-order valence-electron chi connectivity index (χ4n) is 2.21. The van der Waals surface area contributed by atoms with Crippen LogP contribution < -0.4 is 5.32 Å². The van der Waals surface area contributed by atoms with E-state index in [9.17, 15) is 9.59 Å². The molecular formula is C18H18INO3. The molecule has 5 heteroatoms. The van der Waals surface area contributed by atoms with Gasteiger partial charge in [0, 0.05) is 9.26 Å². The highest BCUT2D eigenvalue weighted by atomic mass is 127. The van der Waals surface area contributed by atoms with Gasteiger partial charge in [0.15, 0.2) is 6.61 Å². The topological polar surface area (TPSA) is 55.4 Å². The summed E-state index contributed by atoms with van der Waals surface area (Å²) in [5.74, 6) is -0.834. The fourth-order valence-corrected chi connectivity index (χ4v) is 2.82. The van der Waals surface area contributed by atoms with E-state index in [1.807, 2.05) is 44.2 Å². The maximum atomic E-state index is 12.1. The van der Waals surface area contributed by atoms with E-state index in [1.54, 1.807) is 12.1 Å². The Morgan fingerprint density at radius 1 is 1.13 bits per heavy atom. The highest BCUT2D eigenvalue weighted by molar-refractivity contribution is 14.1. The number of nitrogens with one attached hydrogen (secondary N) is 1. The summed E-state index contributed by atoms with van der Waals surface area (Å²) < 4.78 is 5.89. The SMILES string of the molecule is CCc1cccc(C)c1NC(=O)COC(=O)c1ccccc1I. The Bertz CT molecular complexity index is 728. The molecule has 0 saturated heterocycles. The number of hydrogen-bond acceptors (Lipinski definition) is 3. The van der Waals surface area contributed by atoms with Crippen LogP contribution in [0.1, 0.15) is 28.4 Å². The summed E-state index contributed by atoms with van der Waals surface area (Å²) in [7, 11) is 0. The molecule has 120 valence electrons. The number of rotatable bonds is 5. The molecule has 2 rings (SSSR count). The van der Waals surface area contributed by atoms with E-state index in [0.717, 1.165) is 26.8 Å². The molecule has 0 fully saturated rings. The van der Waals surface area contributed by atoms with E-state index >= 15 is 0 Å². The first kappa shape index (κ1) is 17.5. The Kier molecular flexibility index (Phi) is 6.15. The number of carbonyl (C=O) groups excluding carboxylic acids is 2. The van der Waals surface area contributed by atoms with Crippen molar-refractivity contribution in [2.24, 2.45) is 0 Å². The normalized spacial score (nSPS) is 10.2. The Balaban J connectivity index is 1.99. The first-order valence-corrected chi connectivity index (χ1v) is 8.40. The van der Waals surface area contributed by atoms with Crippen LogP contribution in [0, 0.1) is 10.5 Å². The average molecular weight is 423 g/mol. The number of benzene rings is 2. The summed E-state index contributed by atoms with van der Waals surface area (Å²) in [6.45, 7) is 3.66. The zero-order valence-electron chi connectivity index (χ0n) is 13.1. The number of esters is 1. The van der Waals surface area contributed by atoms with E-state index in [2.05, 4.69) is 27.9 Å². The molecule has 2 aromatic rings. The van der Waals surface area contributed by atoms with Crippen molar-refractivity contribution in [3.8, 4) is 0 Å². The molecule has 0 unspecified atom stereocenters. The molecule has 0 aliphatic heterocycles. The van der Waals surface area contributed by atoms with Crippen LogP contribution in [0.3, 0.4) is 0 Å². The van der Waals surface area contributed by atoms with Gasteiger partial charge in [-0.3, -0.25) is 4.79 Å². The van der Waals surface area contributed by atoms with Crippen LogP contribution in [0.15, 0.2) is 42.5 Å². The second-order valence-electron chi connectivity index (χ2n) is 5.07. The minimum Gasteiger partial charge on any atom is -0.452 e. The van der Waals surface area contributed by atoms with Gasteiger partial charge in [-0.05, 0) is 59.2 Å². The smallest absolute Gasteiger partial charge is 0.339 e. The van der Waals surface area contributed by atoms with Crippen molar-refractivity contribution in [2.45, 2.75) is 20.3 Å². The molecule has 0 aliphatic rings. The van der Waals surface area contributed by atoms with Crippen LogP contribution in [0.2, 0.25) is 0 Å². The second-order valence-corrected chi connectivity index (χ2v) is 6.23. The number of carbonyl (C=O) groups is 2. The van der Waals surface area contributed by atoms with Gasteiger partial charge in [-0.2, -0.15) is 0 Å². The predicted molar refractivity (Wildman–Crippen MR) is 98.6 cm³/mol. The van der Waals surface area contributed by atoms with Crippen LogP contribution >= 0.6 is 22.6 Å². The number of para-hydroxylation sites is 1. The summed E-state index contributed by atoms with van der Waals surface area (Å²) >= 11 is 2.06. The zero-order valence-corrected chi connectivity index (χ0v) is 15.2. The van der Waals surface area contributed by atoms with Crippen LogP contribution in [0.4, 0.5) is 5.69 Å². The maximum Gasteiger partial charge on any atom is 0.339 e. The van der Waals surface area contributed by atoms with Crippen LogP contribution in [0.25, 0.3) is 0 Å². The van der Waals surface area contributed by atoms with Crippen molar-refractivity contribution < 1.29 is 14.3 Å². The first-order valence-electron chi connectivity index (χ1n) is 7.33. The molecule has 1 N–H and O–H groups in total. The minimum atomic E-state index is -0.495. The van der Waals surface area contributed by atoms with Gasteiger partial charge in [-0.15, -0.1) is 0 Å². The van der Waals surface area contributed by atoms with Gasteiger partial charge in [0.05, 0.1) is 5.56 Å². The molecule has 0 saturated carbocycles. The van der Waals surface area contributed by atoms with Crippen LogP contribution in [-0.4, -0.2) is 18.5 Å². The van der Waals surface area contributed by atoms with Gasteiger partial charge in [-0.25, -0.2) is 4.79 Å². The molecule has 0 spiro atoms. The lowest BCUT2D eigenvalue weighted by atomic mass is 10.1. The standard InChI is InChI=1S/C18H18INO3/c1-3-13-8-6-7-12(2)17(13)20-16(21)11-23-18(22)14-9-4-5-10-15(14)19/h4-10H,3,11H2,1-2H3,(H,20,21). The highest BCUT2D eigenvalue weighted by Crippen LogP contribution is 2.21. The summed E-state index contributed by atoms with van der Waals surface area (Å²) in [6.07, 6.45) is 0.819. The molecule has 0 radical (unpaired) electrons. The summed E-state index contributed by atoms with van der Waals surface area (Å²) in [4.78, 5) is 24.1. The summed E-state index contributed by atoms with van der Waals surface area (Å²) in [6, 6.07) is 13.0. The van der Waals surface area contributed by atoms with Gasteiger partial charge >= 0.3 is 5.97 Å². The third-order valence-corrected chi connectivity index (χ3v) is 4.37. The second kappa shape index (κ2) is 8.10. The maximum absolute atomic E-state index is 12.1. The molecule has 0 aliphatic carbocycles. The van der Waals surface area contributed by atoms with E-state index in [0.29, 0.717) is 5.56 Å². The Labute approximate surface area is 149 Å². The number of halogens is 1. The lowest BCUT2D eigenvalue weighted by Gasteiger charge is -2.13. The molecule has 2 aromatic carbocycles. The van der Waals surface area contributed by atoms with Gasteiger partial charge in [0.1, 0.15) is 0 Å². The van der Waals surface area contributed by atoms with E-state index < -0.39 is 5.97 Å². The minimum absolute atomic E-state index is 0.304. The molecule has 0 bridgehead atoms. The van der Waals surface area contributed by atoms with Crippen LogP contribution in [-0.2, 0) is 16.0 Å². The summed E-state index contributed by atoms with van der Waals surface area (Å²) in [5.41, 5.74) is 3.31. The monoisotopic (exact) mass is 423 g/mol. The summed E-state index contributed by atoms with van der Waals surface area (Å²) in [5, 5.41) is 2.83. The predicted octanol–water partition coefficient (Wildman–Crippen LogP) is 3.96. The number of hydrogen-bond donors (Lipinski definition) is 1. The largest absolute Gasteiger partial charge is 0.452 e. The molecule has 1 amide bonds. The molecule has 0 atom stereocenters. The number of aryl methyl sites for hydroxylation is 2. The first-order chi connectivity index (χ1) is 11.0. The highest BCUT2D eigenvalue weighted by Gasteiger charge is 2.14. The molecule has 0 heterocycles. The Morgan fingerprint density at radius 3 is 2.57 bits per heavy atom. The van der Waals surface area contributed by atoms with Gasteiger partial charge in [0.25, 0.3) is 5.91 Å². The Morgan fingerprint density at radius 2 is 1.87 bits per heavy atom. The van der Waals surface area contributed by atoms with Crippen molar-refractivity contribution in [3.05, 3.63) is 62.7 Å². The average Bonchev–Trinajstić information content (AvgIpc) is 2.55. The number of anilines is 1. The molecule has 0 aromatic heterocycles. The zero-order chi connectivity index (χ0) is 16.8. The fraction of sp³-hybridized carbons (Fsp3) is 0.222. The lowest BCUT2D eigenvalue weighted by Crippen LogP contribution is -2.22. The Hall–Kier alpha value is -1.89. The van der Waals surface area contributed by atoms with E-state index in [4.69, 9.17) is 4.74 Å². The van der Waals surface area contributed by atoms with E-state index in [1.165, 1.54) is 0 Å². The molecule has 4 nitrogen and oxygen atoms in total. The van der Waals surface area contributed by atoms with Gasteiger partial charge in [0.2, 0.25) is 0 Å². The molecule has 23 heavy (non-hydrogen) atoms. The van der Waals surface area contributed by atoms with Crippen molar-refractivity contribution in [2.75, 3.05) is 11.9 Å². The van der Waals surface area contributed by atoms with Gasteiger partial charge < -0.3 is 10.1 Å². The quantitative estimate of drug-likeness (QED) is 0.585. The van der Waals surface area contributed by atoms with Crippen molar-refractivity contribution in [3.63, 3.8) is 0 Å². The third-order valence-electron chi connectivity index (χ3n) is 3.43. The van der Waals surface area contributed by atoms with Crippen LogP contribution in [0.5, 0.6) is 0 Å². The van der Waals surface area contributed by atoms with E-state index in [-0.39, 0.29) is 12.5 Å². The van der Waals surface area contributed by atoms with Gasteiger partial charge in [-0.1, -0.05) is 37.3 Å². The molecular weight excluding hydrogens is 405 g/mol. The van der Waals surface area contributed by atoms with Crippen molar-refractivity contribution >= 4 is 40.2 Å². The van der Waals surface area contributed by atoms with Crippen molar-refractivity contribution in [1.82, 2.24) is 0 Å². The number of amides is 1. The van der Waals surface area contributed by atoms with Crippen molar-refractivity contribution in [1.29, 1.82) is 0 Å². The third kappa shape index (κ3) is 4.54.